The number of para-hydroxylation sites is 1. The molecule has 1 aliphatic rings. The summed E-state index contributed by atoms with van der Waals surface area (Å²) in [5, 5.41) is 12.3. The molecule has 0 bridgehead atoms. The molecule has 1 aliphatic heterocycles. The smallest absolute Gasteiger partial charge is 0.329 e. The number of hydrogen-bond donors (Lipinski definition) is 3. The second kappa shape index (κ2) is 10.8. The molecule has 0 spiro atoms. The predicted molar refractivity (Wildman–Crippen MR) is 137 cm³/mol. The number of rotatable bonds is 8. The summed E-state index contributed by atoms with van der Waals surface area (Å²) in [4.78, 5) is 69.3. The van der Waals surface area contributed by atoms with E-state index in [1.165, 1.54) is 4.90 Å². The monoisotopic (exact) mass is 506 g/mol. The molecule has 3 unspecified atom stereocenters. The lowest BCUT2D eigenvalue weighted by Gasteiger charge is -2.30. The number of nitrogens with zero attached hydrogens (tertiary/aromatic N) is 2. The maximum Gasteiger partial charge on any atom is 0.329 e. The number of H-pyrrole nitrogens is 1. The van der Waals surface area contributed by atoms with Crippen molar-refractivity contribution in [3.63, 3.8) is 0 Å². The first kappa shape index (κ1) is 25.9. The van der Waals surface area contributed by atoms with Crippen LogP contribution in [0, 0.1) is 5.92 Å². The van der Waals surface area contributed by atoms with Crippen molar-refractivity contribution in [1.82, 2.24) is 19.8 Å². The molecule has 3 atom stereocenters. The van der Waals surface area contributed by atoms with Crippen molar-refractivity contribution in [2.75, 3.05) is 6.54 Å². The molecule has 4 rings (SSSR count). The van der Waals surface area contributed by atoms with Gasteiger partial charge < -0.3 is 20.3 Å². The van der Waals surface area contributed by atoms with E-state index in [0.29, 0.717) is 18.4 Å². The Balaban J connectivity index is 1.73. The number of aromatic nitrogens is 2. The predicted octanol–water partition coefficient (Wildman–Crippen LogP) is 1.69. The number of amides is 2. The van der Waals surface area contributed by atoms with Crippen LogP contribution >= 0.6 is 0 Å². The minimum atomic E-state index is -1.20. The van der Waals surface area contributed by atoms with Crippen LogP contribution in [0.25, 0.3) is 10.9 Å². The lowest BCUT2D eigenvalue weighted by molar-refractivity contribution is -0.145. The van der Waals surface area contributed by atoms with Crippen LogP contribution in [0.2, 0.25) is 0 Å². The van der Waals surface area contributed by atoms with Crippen molar-refractivity contribution in [3.8, 4) is 0 Å². The Kier molecular flexibility index (Phi) is 7.56. The maximum atomic E-state index is 14.0. The van der Waals surface area contributed by atoms with Crippen LogP contribution in [0.15, 0.2) is 64.2 Å². The van der Waals surface area contributed by atoms with Gasteiger partial charge in [0.05, 0.1) is 10.9 Å². The zero-order valence-electron chi connectivity index (χ0n) is 20.7. The van der Waals surface area contributed by atoms with Crippen LogP contribution in [0.1, 0.15) is 38.3 Å². The molecule has 10 nitrogen and oxygen atoms in total. The summed E-state index contributed by atoms with van der Waals surface area (Å²) in [7, 11) is 0. The summed E-state index contributed by atoms with van der Waals surface area (Å²) in [6, 6.07) is 12.4. The van der Waals surface area contributed by atoms with Crippen LogP contribution in [0.4, 0.5) is 0 Å². The number of benzene rings is 2. The standard InChI is InChI=1S/C27H30N4O6/c1-16(2)22(26(35)36)29-23(32)20-13-8-14-30(20)25(34)21(15-17-9-4-3-5-10-17)31-24(33)18-11-6-7-12-19(18)28-27(31)37/h3-7,9-12,16,20-22H,8,13-15H2,1-2H3,(H,28,37)(H,29,32)(H,35,36). The van der Waals surface area contributed by atoms with E-state index in [-0.39, 0.29) is 24.3 Å². The Morgan fingerprint density at radius 2 is 1.73 bits per heavy atom. The first-order valence-corrected chi connectivity index (χ1v) is 12.3. The molecule has 1 fully saturated rings. The number of aliphatic carboxylic acids is 1. The summed E-state index contributed by atoms with van der Waals surface area (Å²) in [6.07, 6.45) is 0.947. The van der Waals surface area contributed by atoms with E-state index >= 15 is 0 Å². The fraction of sp³-hybridized carbons (Fsp3) is 0.370. The molecule has 1 saturated heterocycles. The number of nitrogens with one attached hydrogen (secondary N) is 2. The van der Waals surface area contributed by atoms with Crippen molar-refractivity contribution >= 4 is 28.7 Å². The van der Waals surface area contributed by atoms with Gasteiger partial charge in [-0.05, 0) is 36.5 Å². The fourth-order valence-electron chi connectivity index (χ4n) is 4.84. The fourth-order valence-corrected chi connectivity index (χ4v) is 4.84. The van der Waals surface area contributed by atoms with Gasteiger partial charge in [0.2, 0.25) is 11.8 Å². The van der Waals surface area contributed by atoms with Crippen molar-refractivity contribution in [2.24, 2.45) is 5.92 Å². The molecule has 194 valence electrons. The normalized spacial score (nSPS) is 17.1. The third kappa shape index (κ3) is 5.32. The number of aromatic amines is 1. The van der Waals surface area contributed by atoms with E-state index in [2.05, 4.69) is 10.3 Å². The second-order valence-electron chi connectivity index (χ2n) is 9.61. The number of carboxylic acids is 1. The number of hydrogen-bond acceptors (Lipinski definition) is 5. The molecule has 3 N–H and O–H groups in total. The van der Waals surface area contributed by atoms with Gasteiger partial charge in [0, 0.05) is 13.0 Å². The average molecular weight is 507 g/mol. The van der Waals surface area contributed by atoms with E-state index < -0.39 is 47.2 Å². The summed E-state index contributed by atoms with van der Waals surface area (Å²) in [5.41, 5.74) is -0.207. The Morgan fingerprint density at radius 1 is 1.05 bits per heavy atom. The number of carbonyl (C=O) groups excluding carboxylic acids is 2. The highest BCUT2D eigenvalue weighted by Crippen LogP contribution is 2.24. The van der Waals surface area contributed by atoms with Crippen molar-refractivity contribution in [2.45, 2.75) is 51.2 Å². The van der Waals surface area contributed by atoms with Gasteiger partial charge in [0.1, 0.15) is 18.1 Å². The highest BCUT2D eigenvalue weighted by atomic mass is 16.4. The SMILES string of the molecule is CC(C)C(NC(=O)C1CCCN1C(=O)C(Cc1ccccc1)n1c(=O)[nH]c2ccccc2c1=O)C(=O)O. The van der Waals surface area contributed by atoms with E-state index in [1.807, 2.05) is 6.07 Å². The number of carbonyl (C=O) groups is 3. The van der Waals surface area contributed by atoms with Crippen LogP contribution < -0.4 is 16.6 Å². The van der Waals surface area contributed by atoms with Crippen LogP contribution in [0.5, 0.6) is 0 Å². The summed E-state index contributed by atoms with van der Waals surface area (Å²) >= 11 is 0. The zero-order chi connectivity index (χ0) is 26.7. The second-order valence-corrected chi connectivity index (χ2v) is 9.61. The lowest BCUT2D eigenvalue weighted by atomic mass is 10.0. The molecule has 37 heavy (non-hydrogen) atoms. The summed E-state index contributed by atoms with van der Waals surface area (Å²) in [6.45, 7) is 3.62. The van der Waals surface area contributed by atoms with Gasteiger partial charge in [0.15, 0.2) is 0 Å². The Hall–Kier alpha value is -4.21. The maximum absolute atomic E-state index is 14.0. The highest BCUT2D eigenvalue weighted by molar-refractivity contribution is 5.92. The quantitative estimate of drug-likeness (QED) is 0.425. The molecule has 2 aromatic carbocycles. The van der Waals surface area contributed by atoms with Crippen LogP contribution in [-0.4, -0.2) is 56.0 Å². The third-order valence-electron chi connectivity index (χ3n) is 6.77. The van der Waals surface area contributed by atoms with E-state index in [1.54, 1.807) is 62.4 Å². The average Bonchev–Trinajstić information content (AvgIpc) is 3.36. The molecule has 3 aromatic rings. The first-order valence-electron chi connectivity index (χ1n) is 12.3. The number of likely N-dealkylation sites (tertiary alicyclic amines) is 1. The van der Waals surface area contributed by atoms with Gasteiger partial charge in [-0.2, -0.15) is 0 Å². The van der Waals surface area contributed by atoms with E-state index in [0.717, 1.165) is 10.1 Å². The minimum absolute atomic E-state index is 0.0651. The summed E-state index contributed by atoms with van der Waals surface area (Å²) in [5.74, 6) is -2.62. The van der Waals surface area contributed by atoms with Gasteiger partial charge in [0.25, 0.3) is 5.56 Å². The van der Waals surface area contributed by atoms with Gasteiger partial charge in [-0.15, -0.1) is 0 Å². The van der Waals surface area contributed by atoms with Crippen molar-refractivity contribution in [1.29, 1.82) is 0 Å². The van der Waals surface area contributed by atoms with Gasteiger partial charge in [-0.3, -0.25) is 14.4 Å². The van der Waals surface area contributed by atoms with Crippen molar-refractivity contribution < 1.29 is 19.5 Å². The molecule has 2 heterocycles. The van der Waals surface area contributed by atoms with Crippen LogP contribution in [-0.2, 0) is 20.8 Å². The van der Waals surface area contributed by atoms with E-state index in [4.69, 9.17) is 0 Å². The Labute approximate surface area is 212 Å². The highest BCUT2D eigenvalue weighted by Gasteiger charge is 2.40. The number of fused-ring (bicyclic) bond motifs is 1. The molecule has 10 heteroatoms. The number of carboxylic acid groups (broad SMARTS) is 1. The largest absolute Gasteiger partial charge is 0.480 e. The van der Waals surface area contributed by atoms with Gasteiger partial charge >= 0.3 is 11.7 Å². The Morgan fingerprint density at radius 3 is 2.41 bits per heavy atom. The Bertz CT molecular complexity index is 1430. The van der Waals surface area contributed by atoms with Crippen LogP contribution in [0.3, 0.4) is 0 Å². The zero-order valence-corrected chi connectivity index (χ0v) is 20.7. The van der Waals surface area contributed by atoms with E-state index in [9.17, 15) is 29.1 Å². The molecular formula is C27H30N4O6. The third-order valence-corrected chi connectivity index (χ3v) is 6.77. The first-order chi connectivity index (χ1) is 17.7. The topological polar surface area (TPSA) is 142 Å². The van der Waals surface area contributed by atoms with Gasteiger partial charge in [-0.25, -0.2) is 14.2 Å². The molecular weight excluding hydrogens is 476 g/mol. The molecule has 0 saturated carbocycles. The molecule has 0 radical (unpaired) electrons. The molecule has 2 amide bonds. The van der Waals surface area contributed by atoms with Crippen molar-refractivity contribution in [3.05, 3.63) is 81.0 Å². The minimum Gasteiger partial charge on any atom is -0.480 e. The molecule has 0 aliphatic carbocycles. The lowest BCUT2D eigenvalue weighted by Crippen LogP contribution is -2.54. The van der Waals surface area contributed by atoms with Gasteiger partial charge in [-0.1, -0.05) is 56.3 Å². The summed E-state index contributed by atoms with van der Waals surface area (Å²) < 4.78 is 0.930. The molecule has 1 aromatic heterocycles.